The molecule has 1 aliphatic carbocycles. The molecule has 4 nitrogen and oxygen atoms in total. The molecule has 1 saturated heterocycles. The van der Waals surface area contributed by atoms with Gasteiger partial charge in [-0.3, -0.25) is 4.79 Å². The number of hydrogen-bond donors (Lipinski definition) is 2. The lowest BCUT2D eigenvalue weighted by Crippen LogP contribution is -2.27. The number of rotatable bonds is 5. The smallest absolute Gasteiger partial charge is 0.225 e. The van der Waals surface area contributed by atoms with Gasteiger partial charge in [0.1, 0.15) is 5.75 Å². The first kappa shape index (κ1) is 18.4. The molecule has 1 aromatic rings. The van der Waals surface area contributed by atoms with Crippen molar-refractivity contribution in [3.8, 4) is 5.75 Å². The number of hydrogen-bond acceptors (Lipinski definition) is 3. The van der Waals surface area contributed by atoms with Crippen molar-refractivity contribution < 1.29 is 9.53 Å². The first-order valence-electron chi connectivity index (χ1n) is 8.20. The second-order valence-electron chi connectivity index (χ2n) is 6.22. The lowest BCUT2D eigenvalue weighted by molar-refractivity contribution is -0.116. The molecule has 1 saturated carbocycles. The minimum Gasteiger partial charge on any atom is -0.489 e. The number of nitrogens with one attached hydrogen (secondary N) is 2. The summed E-state index contributed by atoms with van der Waals surface area (Å²) in [5.41, 5.74) is 0.728. The van der Waals surface area contributed by atoms with Crippen LogP contribution >= 0.6 is 24.0 Å². The van der Waals surface area contributed by atoms with Gasteiger partial charge in [0.25, 0.3) is 0 Å². The van der Waals surface area contributed by atoms with Crippen LogP contribution in [-0.4, -0.2) is 24.6 Å². The van der Waals surface area contributed by atoms with Gasteiger partial charge in [0.15, 0.2) is 0 Å². The molecule has 1 heterocycles. The van der Waals surface area contributed by atoms with Gasteiger partial charge in [-0.2, -0.15) is 0 Å². The number of benzene rings is 1. The van der Waals surface area contributed by atoms with E-state index in [2.05, 4.69) is 10.6 Å². The summed E-state index contributed by atoms with van der Waals surface area (Å²) in [6.45, 7) is 1.01. The first-order valence-corrected chi connectivity index (χ1v) is 8.58. The Labute approximate surface area is 148 Å². The Balaban J connectivity index is 0.00000192. The molecular formula is C17H24Cl2N2O2. The van der Waals surface area contributed by atoms with E-state index in [4.69, 9.17) is 16.3 Å². The minimum atomic E-state index is 0. The van der Waals surface area contributed by atoms with Crippen LogP contribution in [0.4, 0.5) is 5.69 Å². The highest BCUT2D eigenvalue weighted by Gasteiger charge is 2.19. The Morgan fingerprint density at radius 3 is 2.70 bits per heavy atom. The highest BCUT2D eigenvalue weighted by molar-refractivity contribution is 6.32. The van der Waals surface area contributed by atoms with Gasteiger partial charge in [-0.05, 0) is 63.3 Å². The fraction of sp³-hybridized carbons (Fsp3) is 0.588. The molecule has 0 bridgehead atoms. The predicted octanol–water partition coefficient (Wildman–Crippen LogP) is 4.16. The van der Waals surface area contributed by atoms with Crippen LogP contribution in [0.25, 0.3) is 0 Å². The van der Waals surface area contributed by atoms with Crippen molar-refractivity contribution in [2.75, 3.05) is 11.9 Å². The number of amides is 1. The molecule has 1 unspecified atom stereocenters. The highest BCUT2D eigenvalue weighted by atomic mass is 35.5. The monoisotopic (exact) mass is 358 g/mol. The van der Waals surface area contributed by atoms with Crippen LogP contribution in [-0.2, 0) is 4.79 Å². The molecule has 0 aromatic heterocycles. The molecule has 0 radical (unpaired) electrons. The number of carbonyl (C=O) groups excluding carboxylic acids is 1. The lowest BCUT2D eigenvalue weighted by atomic mass is 10.1. The van der Waals surface area contributed by atoms with E-state index in [1.165, 1.54) is 12.8 Å². The van der Waals surface area contributed by atoms with Crippen molar-refractivity contribution in [2.24, 2.45) is 0 Å². The zero-order valence-electron chi connectivity index (χ0n) is 13.1. The van der Waals surface area contributed by atoms with Gasteiger partial charge >= 0.3 is 0 Å². The van der Waals surface area contributed by atoms with E-state index in [1.807, 2.05) is 12.1 Å². The third kappa shape index (κ3) is 5.27. The van der Waals surface area contributed by atoms with E-state index in [0.29, 0.717) is 23.2 Å². The average molecular weight is 359 g/mol. The van der Waals surface area contributed by atoms with E-state index in [9.17, 15) is 4.79 Å². The number of halogens is 2. The van der Waals surface area contributed by atoms with Gasteiger partial charge in [-0.25, -0.2) is 0 Å². The van der Waals surface area contributed by atoms with Crippen LogP contribution in [0.2, 0.25) is 5.02 Å². The van der Waals surface area contributed by atoms with Crippen molar-refractivity contribution in [3.63, 3.8) is 0 Å². The van der Waals surface area contributed by atoms with Crippen LogP contribution in [0.5, 0.6) is 5.75 Å². The molecule has 2 aliphatic rings. The lowest BCUT2D eigenvalue weighted by Gasteiger charge is -2.15. The summed E-state index contributed by atoms with van der Waals surface area (Å²) < 4.78 is 5.92. The summed E-state index contributed by atoms with van der Waals surface area (Å²) in [5.74, 6) is 0.740. The molecule has 1 amide bonds. The van der Waals surface area contributed by atoms with Gasteiger partial charge in [-0.15, -0.1) is 12.4 Å². The van der Waals surface area contributed by atoms with Crippen LogP contribution in [0.3, 0.4) is 0 Å². The summed E-state index contributed by atoms with van der Waals surface area (Å²) in [4.78, 5) is 12.0. The zero-order valence-corrected chi connectivity index (χ0v) is 14.7. The van der Waals surface area contributed by atoms with Gasteiger partial charge < -0.3 is 15.4 Å². The van der Waals surface area contributed by atoms with Crippen molar-refractivity contribution in [1.29, 1.82) is 0 Å². The van der Waals surface area contributed by atoms with Crippen molar-refractivity contribution >= 4 is 35.6 Å². The Morgan fingerprint density at radius 1 is 1.26 bits per heavy atom. The van der Waals surface area contributed by atoms with Crippen LogP contribution in [0, 0.1) is 0 Å². The summed E-state index contributed by atoms with van der Waals surface area (Å²) in [6, 6.07) is 5.78. The molecule has 128 valence electrons. The molecule has 23 heavy (non-hydrogen) atoms. The normalized spacial score (nSPS) is 21.0. The third-order valence-corrected chi connectivity index (χ3v) is 4.70. The molecule has 6 heteroatoms. The Hall–Kier alpha value is -0.970. The maximum absolute atomic E-state index is 12.0. The van der Waals surface area contributed by atoms with Crippen molar-refractivity contribution in [3.05, 3.63) is 23.2 Å². The van der Waals surface area contributed by atoms with Gasteiger partial charge in [0.05, 0.1) is 11.1 Å². The Bertz CT molecular complexity index is 527. The number of ether oxygens (including phenoxy) is 1. The van der Waals surface area contributed by atoms with E-state index in [0.717, 1.165) is 37.9 Å². The van der Waals surface area contributed by atoms with E-state index >= 15 is 0 Å². The summed E-state index contributed by atoms with van der Waals surface area (Å²) >= 11 is 6.27. The van der Waals surface area contributed by atoms with Crippen LogP contribution < -0.4 is 15.4 Å². The topological polar surface area (TPSA) is 50.4 Å². The fourth-order valence-electron chi connectivity index (χ4n) is 3.23. The molecular weight excluding hydrogens is 335 g/mol. The molecule has 2 fully saturated rings. The SMILES string of the molecule is Cl.O=C(CC1CCCN1)Nc1ccc(OC2CCCC2)c(Cl)c1. The van der Waals surface area contributed by atoms with Crippen LogP contribution in [0.1, 0.15) is 44.9 Å². The standard InChI is InChI=1S/C17H23ClN2O2.ClH/c18-15-10-13(20-17(21)11-12-4-3-9-19-12)7-8-16(15)22-14-5-1-2-6-14;/h7-8,10,12,14,19H,1-6,9,11H2,(H,20,21);1H. The highest BCUT2D eigenvalue weighted by Crippen LogP contribution is 2.31. The van der Waals surface area contributed by atoms with Crippen molar-refractivity contribution in [1.82, 2.24) is 5.32 Å². The van der Waals surface area contributed by atoms with Crippen molar-refractivity contribution in [2.45, 2.75) is 57.1 Å². The zero-order chi connectivity index (χ0) is 15.4. The number of anilines is 1. The van der Waals surface area contributed by atoms with E-state index in [1.54, 1.807) is 6.07 Å². The molecule has 0 spiro atoms. The Kier molecular flexibility index (Phi) is 7.00. The summed E-state index contributed by atoms with van der Waals surface area (Å²) in [5, 5.41) is 6.80. The summed E-state index contributed by atoms with van der Waals surface area (Å²) in [7, 11) is 0. The van der Waals surface area contributed by atoms with Gasteiger partial charge in [0, 0.05) is 18.2 Å². The summed E-state index contributed by atoms with van der Waals surface area (Å²) in [6.07, 6.45) is 7.67. The largest absolute Gasteiger partial charge is 0.489 e. The maximum Gasteiger partial charge on any atom is 0.225 e. The predicted molar refractivity (Wildman–Crippen MR) is 95.9 cm³/mol. The molecule has 2 N–H and O–H groups in total. The van der Waals surface area contributed by atoms with E-state index < -0.39 is 0 Å². The molecule has 1 aromatic carbocycles. The van der Waals surface area contributed by atoms with E-state index in [-0.39, 0.29) is 24.4 Å². The first-order chi connectivity index (χ1) is 10.7. The van der Waals surface area contributed by atoms with Crippen LogP contribution in [0.15, 0.2) is 18.2 Å². The average Bonchev–Trinajstić information content (AvgIpc) is 3.15. The molecule has 1 atom stereocenters. The number of carbonyl (C=O) groups is 1. The fourth-order valence-corrected chi connectivity index (χ4v) is 3.45. The molecule has 1 aliphatic heterocycles. The Morgan fingerprint density at radius 2 is 2.04 bits per heavy atom. The second-order valence-corrected chi connectivity index (χ2v) is 6.62. The van der Waals surface area contributed by atoms with Gasteiger partial charge in [0.2, 0.25) is 5.91 Å². The maximum atomic E-state index is 12.0. The minimum absolute atomic E-state index is 0. The second kappa shape index (κ2) is 8.76. The van der Waals surface area contributed by atoms with Gasteiger partial charge in [-0.1, -0.05) is 11.6 Å². The quantitative estimate of drug-likeness (QED) is 0.830. The molecule has 3 rings (SSSR count). The third-order valence-electron chi connectivity index (χ3n) is 4.41.